The summed E-state index contributed by atoms with van der Waals surface area (Å²) in [6.07, 6.45) is 4.38. The molecule has 4 heterocycles. The highest BCUT2D eigenvalue weighted by Crippen LogP contribution is 2.27. The Labute approximate surface area is 178 Å². The maximum absolute atomic E-state index is 13.9. The number of nitrogens with two attached hydrogens (primary N) is 1. The van der Waals surface area contributed by atoms with E-state index in [-0.39, 0.29) is 5.82 Å². The van der Waals surface area contributed by atoms with Gasteiger partial charge in [-0.3, -0.25) is 9.97 Å². The van der Waals surface area contributed by atoms with Crippen LogP contribution in [0.15, 0.2) is 36.8 Å². The molecule has 0 aliphatic heterocycles. The lowest BCUT2D eigenvalue weighted by molar-refractivity contribution is 0.261. The molecule has 10 heteroatoms. The smallest absolute Gasteiger partial charge is 0.166 e. The normalized spacial score (nSPS) is 11.4. The minimum Gasteiger partial charge on any atom is -0.492 e. The third kappa shape index (κ3) is 4.58. The zero-order valence-corrected chi connectivity index (χ0v) is 17.6. The van der Waals surface area contributed by atoms with Crippen LogP contribution >= 0.6 is 0 Å². The molecule has 0 saturated carbocycles. The average Bonchev–Trinajstić information content (AvgIpc) is 3.07. The van der Waals surface area contributed by atoms with Gasteiger partial charge in [-0.25, -0.2) is 19.3 Å². The van der Waals surface area contributed by atoms with Crippen LogP contribution in [-0.4, -0.2) is 61.6 Å². The Morgan fingerprint density at radius 2 is 2.00 bits per heavy atom. The Kier molecular flexibility index (Phi) is 5.72. The summed E-state index contributed by atoms with van der Waals surface area (Å²) in [6.45, 7) is 3.46. The molecule has 0 amide bonds. The fourth-order valence-corrected chi connectivity index (χ4v) is 3.18. The Balaban J connectivity index is 1.75. The SMILES string of the molecule is Cc1nc(N)c2nc(-c3cncc(F)c3)n(Cc3cc(OCCN(C)C)ccn3)c2n1. The van der Waals surface area contributed by atoms with E-state index in [2.05, 4.69) is 24.9 Å². The quantitative estimate of drug-likeness (QED) is 0.483. The van der Waals surface area contributed by atoms with Crippen molar-refractivity contribution in [3.05, 3.63) is 54.1 Å². The lowest BCUT2D eigenvalue weighted by Gasteiger charge is -2.12. The minimum absolute atomic E-state index is 0.264. The van der Waals surface area contributed by atoms with Gasteiger partial charge < -0.3 is 19.9 Å². The zero-order chi connectivity index (χ0) is 22.0. The van der Waals surface area contributed by atoms with Gasteiger partial charge in [0.05, 0.1) is 18.4 Å². The molecule has 0 atom stereocenters. The Hall–Kier alpha value is -3.66. The lowest BCUT2D eigenvalue weighted by Crippen LogP contribution is -2.19. The number of rotatable bonds is 7. The molecule has 0 spiro atoms. The summed E-state index contributed by atoms with van der Waals surface area (Å²) < 4.78 is 21.5. The second-order valence-corrected chi connectivity index (χ2v) is 7.38. The number of pyridine rings is 2. The van der Waals surface area contributed by atoms with Gasteiger partial charge in [-0.15, -0.1) is 0 Å². The molecule has 4 aromatic rings. The molecular formula is C21H23FN8O. The molecule has 2 N–H and O–H groups in total. The van der Waals surface area contributed by atoms with E-state index in [1.807, 2.05) is 35.7 Å². The molecule has 0 radical (unpaired) electrons. The summed E-state index contributed by atoms with van der Waals surface area (Å²) in [5, 5.41) is 0. The number of hydrogen-bond donors (Lipinski definition) is 1. The number of aromatic nitrogens is 6. The maximum atomic E-state index is 13.9. The molecule has 31 heavy (non-hydrogen) atoms. The van der Waals surface area contributed by atoms with Crippen LogP contribution in [0.4, 0.5) is 10.2 Å². The van der Waals surface area contributed by atoms with Crippen LogP contribution in [0.3, 0.4) is 0 Å². The summed E-state index contributed by atoms with van der Waals surface area (Å²) in [5.74, 6) is 1.52. The van der Waals surface area contributed by atoms with E-state index >= 15 is 0 Å². The number of likely N-dealkylation sites (N-methyl/N-ethyl adjacent to an activating group) is 1. The van der Waals surface area contributed by atoms with Crippen molar-refractivity contribution in [1.29, 1.82) is 0 Å². The molecule has 0 saturated heterocycles. The molecule has 0 aromatic carbocycles. The van der Waals surface area contributed by atoms with Crippen LogP contribution in [0.25, 0.3) is 22.6 Å². The fourth-order valence-electron chi connectivity index (χ4n) is 3.18. The summed E-state index contributed by atoms with van der Waals surface area (Å²) in [4.78, 5) is 23.8. The van der Waals surface area contributed by atoms with E-state index in [0.717, 1.165) is 24.2 Å². The largest absolute Gasteiger partial charge is 0.492 e. The van der Waals surface area contributed by atoms with Crippen molar-refractivity contribution in [2.75, 3.05) is 33.0 Å². The van der Waals surface area contributed by atoms with Gasteiger partial charge in [0, 0.05) is 30.6 Å². The van der Waals surface area contributed by atoms with Crippen LogP contribution < -0.4 is 10.5 Å². The first-order valence-electron chi connectivity index (χ1n) is 9.74. The predicted molar refractivity (Wildman–Crippen MR) is 115 cm³/mol. The Morgan fingerprint density at radius 3 is 2.77 bits per heavy atom. The van der Waals surface area contributed by atoms with Crippen molar-refractivity contribution in [1.82, 2.24) is 34.4 Å². The maximum Gasteiger partial charge on any atom is 0.166 e. The number of hydrogen-bond acceptors (Lipinski definition) is 8. The molecule has 4 aromatic heterocycles. The third-order valence-electron chi connectivity index (χ3n) is 4.61. The number of aryl methyl sites for hydroxylation is 1. The number of ether oxygens (including phenoxy) is 1. The summed E-state index contributed by atoms with van der Waals surface area (Å²) in [5.41, 5.74) is 8.33. The number of halogens is 1. The van der Waals surface area contributed by atoms with Gasteiger partial charge in [0.2, 0.25) is 0 Å². The highest BCUT2D eigenvalue weighted by atomic mass is 19.1. The molecular weight excluding hydrogens is 399 g/mol. The van der Waals surface area contributed by atoms with E-state index in [9.17, 15) is 4.39 Å². The third-order valence-corrected chi connectivity index (χ3v) is 4.61. The molecule has 0 unspecified atom stereocenters. The number of fused-ring (bicyclic) bond motifs is 1. The summed E-state index contributed by atoms with van der Waals surface area (Å²) >= 11 is 0. The molecule has 160 valence electrons. The van der Waals surface area contributed by atoms with Crippen LogP contribution in [0.2, 0.25) is 0 Å². The molecule has 0 aliphatic rings. The average molecular weight is 422 g/mol. The van der Waals surface area contributed by atoms with Gasteiger partial charge in [0.15, 0.2) is 17.0 Å². The van der Waals surface area contributed by atoms with Crippen molar-refractivity contribution in [2.24, 2.45) is 0 Å². The Bertz CT molecular complexity index is 1220. The molecule has 0 aliphatic carbocycles. The van der Waals surface area contributed by atoms with Gasteiger partial charge in [-0.05, 0) is 33.2 Å². The van der Waals surface area contributed by atoms with E-state index in [1.54, 1.807) is 19.3 Å². The van der Waals surface area contributed by atoms with Crippen LogP contribution in [-0.2, 0) is 6.54 Å². The molecule has 0 bridgehead atoms. The summed E-state index contributed by atoms with van der Waals surface area (Å²) in [7, 11) is 3.98. The summed E-state index contributed by atoms with van der Waals surface area (Å²) in [6, 6.07) is 5.05. The van der Waals surface area contributed by atoms with Crippen LogP contribution in [0.5, 0.6) is 5.75 Å². The zero-order valence-electron chi connectivity index (χ0n) is 17.6. The second-order valence-electron chi connectivity index (χ2n) is 7.38. The van der Waals surface area contributed by atoms with Crippen LogP contribution in [0.1, 0.15) is 11.5 Å². The Morgan fingerprint density at radius 1 is 1.16 bits per heavy atom. The van der Waals surface area contributed by atoms with Crippen molar-refractivity contribution < 1.29 is 9.13 Å². The first-order valence-corrected chi connectivity index (χ1v) is 9.74. The predicted octanol–water partition coefficient (Wildman–Crippen LogP) is 2.30. The molecule has 9 nitrogen and oxygen atoms in total. The number of anilines is 1. The number of nitrogen functional groups attached to an aromatic ring is 1. The van der Waals surface area contributed by atoms with Crippen molar-refractivity contribution >= 4 is 17.0 Å². The van der Waals surface area contributed by atoms with Gasteiger partial charge in [-0.1, -0.05) is 0 Å². The topological polar surface area (TPSA) is 108 Å². The van der Waals surface area contributed by atoms with E-state index in [1.165, 1.54) is 6.07 Å². The second kappa shape index (κ2) is 8.60. The highest BCUT2D eigenvalue weighted by molar-refractivity contribution is 5.85. The highest BCUT2D eigenvalue weighted by Gasteiger charge is 2.19. The van der Waals surface area contributed by atoms with Crippen molar-refractivity contribution in [3.63, 3.8) is 0 Å². The lowest BCUT2D eigenvalue weighted by atomic mass is 10.2. The van der Waals surface area contributed by atoms with Gasteiger partial charge in [0.1, 0.15) is 29.8 Å². The van der Waals surface area contributed by atoms with E-state index < -0.39 is 5.82 Å². The van der Waals surface area contributed by atoms with Gasteiger partial charge in [-0.2, -0.15) is 0 Å². The van der Waals surface area contributed by atoms with Crippen molar-refractivity contribution in [2.45, 2.75) is 13.5 Å². The van der Waals surface area contributed by atoms with Crippen molar-refractivity contribution in [3.8, 4) is 17.1 Å². The van der Waals surface area contributed by atoms with E-state index in [0.29, 0.717) is 41.5 Å². The fraction of sp³-hybridized carbons (Fsp3) is 0.286. The monoisotopic (exact) mass is 422 g/mol. The minimum atomic E-state index is -0.458. The number of imidazole rings is 1. The van der Waals surface area contributed by atoms with Gasteiger partial charge in [0.25, 0.3) is 0 Å². The van der Waals surface area contributed by atoms with Crippen LogP contribution in [0, 0.1) is 12.7 Å². The van der Waals surface area contributed by atoms with E-state index in [4.69, 9.17) is 10.5 Å². The number of nitrogens with zero attached hydrogens (tertiary/aromatic N) is 7. The first kappa shape index (κ1) is 20.6. The van der Waals surface area contributed by atoms with Gasteiger partial charge >= 0.3 is 0 Å². The first-order chi connectivity index (χ1) is 14.9. The molecule has 4 rings (SSSR count). The molecule has 0 fully saturated rings. The standard InChI is InChI=1S/C21H23FN8O/c1-13-26-19(23)18-21(27-13)30(20(28-18)14-8-15(22)11-24-10-14)12-16-9-17(4-5-25-16)31-7-6-29(2)3/h4-5,8-11H,6-7,12H2,1-3H3,(H2,23,26,27).